The Hall–Kier alpha value is -1.72. The van der Waals surface area contributed by atoms with E-state index in [0.717, 1.165) is 28.2 Å². The molecule has 1 atom stereocenters. The van der Waals surface area contributed by atoms with Crippen LogP contribution in [0.1, 0.15) is 29.7 Å². The van der Waals surface area contributed by atoms with Crippen molar-refractivity contribution in [2.45, 2.75) is 24.7 Å². The number of sulfone groups is 1. The fourth-order valence-corrected chi connectivity index (χ4v) is 3.52. The average molecular weight is 335 g/mol. The van der Waals surface area contributed by atoms with Crippen LogP contribution < -0.4 is 0 Å². The van der Waals surface area contributed by atoms with Gasteiger partial charge in [-0.2, -0.15) is 0 Å². The largest absolute Gasteiger partial charge is 0.250 e. The first-order chi connectivity index (χ1) is 10.3. The monoisotopic (exact) mass is 334 g/mol. The van der Waals surface area contributed by atoms with E-state index in [9.17, 15) is 8.42 Å². The topological polar surface area (TPSA) is 59.4 Å². The molecule has 0 fully saturated rings. The third-order valence-electron chi connectivity index (χ3n) is 3.81. The van der Waals surface area contributed by atoms with Crippen molar-refractivity contribution in [3.63, 3.8) is 0 Å². The molecule has 22 heavy (non-hydrogen) atoms. The predicted molar refractivity (Wildman–Crippen MR) is 88.1 cm³/mol. The predicted octanol–water partition coefficient (Wildman–Crippen LogP) is 3.68. The molecule has 1 aromatic carbocycles. The average Bonchev–Trinajstić information content (AvgIpc) is 2.76. The molecular formula is C16H15ClN2O2S. The third-order valence-corrected chi connectivity index (χ3v) is 5.13. The first kappa shape index (κ1) is 15.2. The molecule has 2 aromatic rings. The van der Waals surface area contributed by atoms with E-state index in [2.05, 4.69) is 9.98 Å². The highest BCUT2D eigenvalue weighted by Crippen LogP contribution is 2.39. The van der Waals surface area contributed by atoms with Gasteiger partial charge in [0.1, 0.15) is 5.15 Å². The number of aliphatic imine (C=N–C) groups is 1. The maximum absolute atomic E-state index is 11.5. The summed E-state index contributed by atoms with van der Waals surface area (Å²) in [5.74, 6) is 0.0245. The lowest BCUT2D eigenvalue weighted by Crippen LogP contribution is -2.08. The number of aryl methyl sites for hydroxylation is 1. The van der Waals surface area contributed by atoms with Gasteiger partial charge in [0, 0.05) is 12.2 Å². The van der Waals surface area contributed by atoms with E-state index in [4.69, 9.17) is 11.6 Å². The van der Waals surface area contributed by atoms with Crippen LogP contribution in [0, 0.1) is 6.92 Å². The lowest BCUT2D eigenvalue weighted by atomic mass is 9.96. The number of fused-ring (bicyclic) bond motifs is 1. The van der Waals surface area contributed by atoms with Gasteiger partial charge in [-0.25, -0.2) is 18.4 Å². The molecule has 0 N–H and O–H groups in total. The van der Waals surface area contributed by atoms with E-state index in [1.165, 1.54) is 6.26 Å². The second-order valence-corrected chi connectivity index (χ2v) is 7.91. The van der Waals surface area contributed by atoms with Crippen molar-refractivity contribution in [2.24, 2.45) is 4.99 Å². The molecule has 1 aliphatic rings. The zero-order valence-electron chi connectivity index (χ0n) is 12.5. The first-order valence-corrected chi connectivity index (χ1v) is 9.10. The first-order valence-electron chi connectivity index (χ1n) is 6.83. The molecule has 0 amide bonds. The normalized spacial score (nSPS) is 17.3. The van der Waals surface area contributed by atoms with Crippen molar-refractivity contribution in [1.29, 1.82) is 0 Å². The molecule has 1 unspecified atom stereocenters. The maximum atomic E-state index is 11.5. The fraction of sp³-hybridized carbons (Fsp3) is 0.250. The quantitative estimate of drug-likeness (QED) is 0.787. The number of halogens is 1. The van der Waals surface area contributed by atoms with Crippen molar-refractivity contribution in [2.75, 3.05) is 6.26 Å². The molecule has 2 heterocycles. The summed E-state index contributed by atoms with van der Waals surface area (Å²) >= 11 is 6.03. The highest BCUT2D eigenvalue weighted by Gasteiger charge is 2.27. The number of hydrogen-bond donors (Lipinski definition) is 0. The molecule has 0 bridgehead atoms. The van der Waals surface area contributed by atoms with E-state index in [0.29, 0.717) is 10.0 Å². The van der Waals surface area contributed by atoms with Gasteiger partial charge in [0.15, 0.2) is 9.84 Å². The molecule has 6 heteroatoms. The van der Waals surface area contributed by atoms with Crippen LogP contribution in [-0.4, -0.2) is 25.4 Å². The lowest BCUT2D eigenvalue weighted by Gasteiger charge is -2.09. The van der Waals surface area contributed by atoms with Gasteiger partial charge in [-0.1, -0.05) is 30.7 Å². The standard InChI is InChI=1S/C16H15ClN2O2S/c1-9-8-13(17)18-16-10(2)15(19-14(9)16)11-4-6-12(7-5-11)22(3,20)21/h4-8,10H,1-3H3. The van der Waals surface area contributed by atoms with Gasteiger partial charge >= 0.3 is 0 Å². The molecule has 4 nitrogen and oxygen atoms in total. The molecule has 0 spiro atoms. The molecule has 3 rings (SSSR count). The number of benzene rings is 1. The fourth-order valence-electron chi connectivity index (χ4n) is 2.63. The number of pyridine rings is 1. The van der Waals surface area contributed by atoms with Crippen molar-refractivity contribution in [3.05, 3.63) is 52.3 Å². The highest BCUT2D eigenvalue weighted by molar-refractivity contribution is 7.90. The molecule has 0 radical (unpaired) electrons. The summed E-state index contributed by atoms with van der Waals surface area (Å²) in [5.41, 5.74) is 4.50. The van der Waals surface area contributed by atoms with Gasteiger partial charge in [-0.3, -0.25) is 0 Å². The summed E-state index contributed by atoms with van der Waals surface area (Å²) in [5, 5.41) is 0.465. The maximum Gasteiger partial charge on any atom is 0.175 e. The van der Waals surface area contributed by atoms with Gasteiger partial charge < -0.3 is 0 Å². The molecule has 0 saturated carbocycles. The second-order valence-electron chi connectivity index (χ2n) is 5.51. The van der Waals surface area contributed by atoms with Gasteiger partial charge in [0.2, 0.25) is 0 Å². The molecule has 0 saturated heterocycles. The molecular weight excluding hydrogens is 320 g/mol. The van der Waals surface area contributed by atoms with Crippen LogP contribution in [0.3, 0.4) is 0 Å². The van der Waals surface area contributed by atoms with Crippen LogP contribution in [0.15, 0.2) is 40.2 Å². The van der Waals surface area contributed by atoms with E-state index < -0.39 is 9.84 Å². The summed E-state index contributed by atoms with van der Waals surface area (Å²) in [4.78, 5) is 9.37. The molecule has 0 aliphatic carbocycles. The summed E-state index contributed by atoms with van der Waals surface area (Å²) < 4.78 is 23.1. The van der Waals surface area contributed by atoms with Crippen LogP contribution in [-0.2, 0) is 9.84 Å². The zero-order chi connectivity index (χ0) is 16.1. The zero-order valence-corrected chi connectivity index (χ0v) is 14.0. The number of hydrogen-bond acceptors (Lipinski definition) is 4. The Morgan fingerprint density at radius 1 is 1.18 bits per heavy atom. The smallest absolute Gasteiger partial charge is 0.175 e. The minimum atomic E-state index is -3.19. The Bertz CT molecular complexity index is 887. The van der Waals surface area contributed by atoms with E-state index in [1.54, 1.807) is 30.3 Å². The summed E-state index contributed by atoms with van der Waals surface area (Å²) in [6.07, 6.45) is 1.20. The number of rotatable bonds is 2. The van der Waals surface area contributed by atoms with E-state index >= 15 is 0 Å². The van der Waals surface area contributed by atoms with E-state index in [1.807, 2.05) is 13.8 Å². The molecule has 114 valence electrons. The van der Waals surface area contributed by atoms with Crippen LogP contribution >= 0.6 is 11.6 Å². The second kappa shape index (κ2) is 5.18. The van der Waals surface area contributed by atoms with Crippen LogP contribution in [0.2, 0.25) is 5.15 Å². The minimum absolute atomic E-state index is 0.0245. The minimum Gasteiger partial charge on any atom is -0.250 e. The van der Waals surface area contributed by atoms with E-state index in [-0.39, 0.29) is 5.92 Å². The van der Waals surface area contributed by atoms with Gasteiger partial charge in [0.25, 0.3) is 0 Å². The van der Waals surface area contributed by atoms with Gasteiger partial charge in [-0.15, -0.1) is 0 Å². The third kappa shape index (κ3) is 2.55. The Balaban J connectivity index is 2.04. The Kier molecular flexibility index (Phi) is 3.57. The Labute approximate surface area is 134 Å². The lowest BCUT2D eigenvalue weighted by molar-refractivity contribution is 0.602. The number of nitrogens with zero attached hydrogens (tertiary/aromatic N) is 2. The van der Waals surface area contributed by atoms with Crippen molar-refractivity contribution >= 4 is 32.8 Å². The summed E-state index contributed by atoms with van der Waals surface area (Å²) in [6, 6.07) is 8.59. The Morgan fingerprint density at radius 3 is 2.41 bits per heavy atom. The van der Waals surface area contributed by atoms with Crippen molar-refractivity contribution in [3.8, 4) is 0 Å². The SMILES string of the molecule is Cc1cc(Cl)nc2c1N=C(c1ccc(S(C)(=O)=O)cc1)C2C. The number of aromatic nitrogens is 1. The summed E-state index contributed by atoms with van der Waals surface area (Å²) in [6.45, 7) is 3.98. The molecule has 1 aliphatic heterocycles. The van der Waals surface area contributed by atoms with Crippen molar-refractivity contribution < 1.29 is 8.42 Å². The van der Waals surface area contributed by atoms with Crippen LogP contribution in [0.4, 0.5) is 5.69 Å². The van der Waals surface area contributed by atoms with Gasteiger partial charge in [0.05, 0.1) is 22.0 Å². The Morgan fingerprint density at radius 2 is 1.82 bits per heavy atom. The van der Waals surface area contributed by atoms with Crippen LogP contribution in [0.5, 0.6) is 0 Å². The van der Waals surface area contributed by atoms with Crippen molar-refractivity contribution in [1.82, 2.24) is 4.98 Å². The highest BCUT2D eigenvalue weighted by atomic mass is 35.5. The van der Waals surface area contributed by atoms with Crippen LogP contribution in [0.25, 0.3) is 0 Å². The summed E-state index contributed by atoms with van der Waals surface area (Å²) in [7, 11) is -3.19. The molecule has 1 aromatic heterocycles. The van der Waals surface area contributed by atoms with Gasteiger partial charge in [-0.05, 0) is 36.2 Å².